The smallest absolute Gasteiger partial charge is 0.223 e. The number of aromatic nitrogens is 1. The molecule has 1 aliphatic heterocycles. The van der Waals surface area contributed by atoms with Gasteiger partial charge in [0.2, 0.25) is 5.91 Å². The number of hydrogen-bond acceptors (Lipinski definition) is 1. The molecule has 3 nitrogen and oxygen atoms in total. The normalized spacial score (nSPS) is 16.5. The first-order valence-corrected chi connectivity index (χ1v) is 10.4. The third kappa shape index (κ3) is 3.71. The van der Waals surface area contributed by atoms with E-state index < -0.39 is 0 Å². The number of hydrogen-bond donors (Lipinski definition) is 0. The quantitative estimate of drug-likeness (QED) is 0.611. The highest BCUT2D eigenvalue weighted by Crippen LogP contribution is 2.35. The summed E-state index contributed by atoms with van der Waals surface area (Å²) in [6.45, 7) is 6.19. The Bertz CT molecular complexity index is 962. The molecular formula is C25H30N2O. The van der Waals surface area contributed by atoms with Crippen molar-refractivity contribution in [1.82, 2.24) is 9.47 Å². The number of carbonyl (C=O) groups is 1. The van der Waals surface area contributed by atoms with Crippen LogP contribution in [-0.4, -0.2) is 28.5 Å². The highest BCUT2D eigenvalue weighted by Gasteiger charge is 2.26. The van der Waals surface area contributed by atoms with Gasteiger partial charge in [-0.2, -0.15) is 0 Å². The summed E-state index contributed by atoms with van der Waals surface area (Å²) in [5.41, 5.74) is 4.94. The van der Waals surface area contributed by atoms with Crippen LogP contribution in [0.3, 0.4) is 0 Å². The fourth-order valence-corrected chi connectivity index (χ4v) is 4.42. The second kappa shape index (κ2) is 7.83. The van der Waals surface area contributed by atoms with Crippen LogP contribution in [-0.2, 0) is 11.8 Å². The summed E-state index contributed by atoms with van der Waals surface area (Å²) in [5, 5.41) is 1.25. The van der Waals surface area contributed by atoms with Crippen LogP contribution < -0.4 is 0 Å². The molecule has 0 bridgehead atoms. The number of aryl methyl sites for hydroxylation is 2. The molecule has 2 heterocycles. The van der Waals surface area contributed by atoms with Gasteiger partial charge in [-0.25, -0.2) is 0 Å². The lowest BCUT2D eigenvalue weighted by Gasteiger charge is -2.31. The fourth-order valence-electron chi connectivity index (χ4n) is 4.42. The lowest BCUT2D eigenvalue weighted by molar-refractivity contribution is -0.132. The Balaban J connectivity index is 1.70. The second-order valence-electron chi connectivity index (χ2n) is 8.44. The molecule has 2 aromatic carbocycles. The van der Waals surface area contributed by atoms with Crippen LogP contribution in [0.5, 0.6) is 0 Å². The van der Waals surface area contributed by atoms with Gasteiger partial charge in [-0.3, -0.25) is 4.79 Å². The van der Waals surface area contributed by atoms with Gasteiger partial charge in [-0.05, 0) is 42.9 Å². The van der Waals surface area contributed by atoms with Crippen molar-refractivity contribution in [3.63, 3.8) is 0 Å². The molecule has 1 amide bonds. The minimum absolute atomic E-state index is 0.0820. The number of para-hydroxylation sites is 1. The Hall–Kier alpha value is -2.55. The summed E-state index contributed by atoms with van der Waals surface area (Å²) >= 11 is 0. The highest BCUT2D eigenvalue weighted by molar-refractivity contribution is 5.86. The van der Waals surface area contributed by atoms with Crippen molar-refractivity contribution in [3.8, 4) is 0 Å². The summed E-state index contributed by atoms with van der Waals surface area (Å²) in [5.74, 6) is 1.10. The van der Waals surface area contributed by atoms with Gasteiger partial charge >= 0.3 is 0 Å². The lowest BCUT2D eigenvalue weighted by atomic mass is 9.87. The average molecular weight is 375 g/mol. The van der Waals surface area contributed by atoms with Gasteiger partial charge in [0.1, 0.15) is 0 Å². The van der Waals surface area contributed by atoms with Crippen LogP contribution in [0.1, 0.15) is 48.8 Å². The number of carbonyl (C=O) groups excluding carboxylic acids is 1. The van der Waals surface area contributed by atoms with E-state index in [4.69, 9.17) is 0 Å². The molecule has 0 aliphatic carbocycles. The van der Waals surface area contributed by atoms with Gasteiger partial charge < -0.3 is 9.47 Å². The van der Waals surface area contributed by atoms with Crippen LogP contribution in [0.15, 0.2) is 54.7 Å². The summed E-state index contributed by atoms with van der Waals surface area (Å²) in [6, 6.07) is 17.2. The van der Waals surface area contributed by atoms with E-state index in [0.29, 0.717) is 6.42 Å². The zero-order chi connectivity index (χ0) is 19.7. The van der Waals surface area contributed by atoms with E-state index in [9.17, 15) is 4.79 Å². The second-order valence-corrected chi connectivity index (χ2v) is 8.44. The van der Waals surface area contributed by atoms with Crippen molar-refractivity contribution >= 4 is 16.8 Å². The molecule has 1 aliphatic rings. The lowest BCUT2D eigenvalue weighted by Crippen LogP contribution is -2.38. The third-order valence-corrected chi connectivity index (χ3v) is 6.30. The zero-order valence-electron chi connectivity index (χ0n) is 17.2. The number of benzene rings is 2. The van der Waals surface area contributed by atoms with Gasteiger partial charge in [0.05, 0.1) is 0 Å². The van der Waals surface area contributed by atoms with E-state index in [1.54, 1.807) is 0 Å². The number of piperidine rings is 1. The van der Waals surface area contributed by atoms with Crippen molar-refractivity contribution in [2.24, 2.45) is 13.0 Å². The first kappa shape index (κ1) is 18.8. The Labute approximate surface area is 168 Å². The largest absolute Gasteiger partial charge is 0.350 e. The van der Waals surface area contributed by atoms with Crippen molar-refractivity contribution < 1.29 is 4.79 Å². The molecule has 0 N–H and O–H groups in total. The Kier molecular flexibility index (Phi) is 5.25. The van der Waals surface area contributed by atoms with Gasteiger partial charge in [0.25, 0.3) is 0 Å². The maximum absolute atomic E-state index is 13.2. The molecule has 146 valence electrons. The average Bonchev–Trinajstić information content (AvgIpc) is 3.04. The van der Waals surface area contributed by atoms with Crippen LogP contribution in [0.25, 0.3) is 10.9 Å². The van der Waals surface area contributed by atoms with Crippen LogP contribution in [0.2, 0.25) is 0 Å². The van der Waals surface area contributed by atoms with E-state index in [1.165, 1.54) is 27.6 Å². The number of fused-ring (bicyclic) bond motifs is 1. The zero-order valence-corrected chi connectivity index (χ0v) is 17.2. The van der Waals surface area contributed by atoms with Gasteiger partial charge in [-0.15, -0.1) is 0 Å². The summed E-state index contributed by atoms with van der Waals surface area (Å²) in [7, 11) is 2.09. The molecule has 0 spiro atoms. The van der Waals surface area contributed by atoms with E-state index >= 15 is 0 Å². The maximum Gasteiger partial charge on any atom is 0.223 e. The van der Waals surface area contributed by atoms with Crippen molar-refractivity contribution in [2.45, 2.75) is 39.0 Å². The Morgan fingerprint density at radius 1 is 1.07 bits per heavy atom. The summed E-state index contributed by atoms with van der Waals surface area (Å²) < 4.78 is 2.18. The van der Waals surface area contributed by atoms with Crippen LogP contribution in [0, 0.1) is 12.8 Å². The molecule has 4 rings (SSSR count). The van der Waals surface area contributed by atoms with Crippen molar-refractivity contribution in [2.75, 3.05) is 13.1 Å². The third-order valence-electron chi connectivity index (χ3n) is 6.30. The van der Waals surface area contributed by atoms with Crippen molar-refractivity contribution in [1.29, 1.82) is 0 Å². The van der Waals surface area contributed by atoms with Crippen LogP contribution in [0.4, 0.5) is 0 Å². The molecule has 0 unspecified atom stereocenters. The molecule has 1 atom stereocenters. The minimum Gasteiger partial charge on any atom is -0.350 e. The van der Waals surface area contributed by atoms with Gasteiger partial charge in [-0.1, -0.05) is 55.0 Å². The van der Waals surface area contributed by atoms with Crippen LogP contribution >= 0.6 is 0 Å². The van der Waals surface area contributed by atoms with E-state index in [2.05, 4.69) is 85.1 Å². The maximum atomic E-state index is 13.2. The molecule has 3 aromatic rings. The molecule has 0 saturated carbocycles. The first-order chi connectivity index (χ1) is 13.5. The number of rotatable bonds is 4. The van der Waals surface area contributed by atoms with E-state index in [-0.39, 0.29) is 11.8 Å². The van der Waals surface area contributed by atoms with Crippen molar-refractivity contribution in [3.05, 3.63) is 71.4 Å². The summed E-state index contributed by atoms with van der Waals surface area (Å²) in [4.78, 5) is 15.3. The topological polar surface area (TPSA) is 25.2 Å². The molecule has 28 heavy (non-hydrogen) atoms. The van der Waals surface area contributed by atoms with E-state index in [0.717, 1.165) is 31.8 Å². The molecule has 1 saturated heterocycles. The van der Waals surface area contributed by atoms with Gasteiger partial charge in [0.15, 0.2) is 0 Å². The van der Waals surface area contributed by atoms with Gasteiger partial charge in [0, 0.05) is 49.6 Å². The Morgan fingerprint density at radius 2 is 1.75 bits per heavy atom. The highest BCUT2D eigenvalue weighted by atomic mass is 16.2. The number of nitrogens with zero attached hydrogens (tertiary/aromatic N) is 2. The standard InChI is InChI=1S/C25H30N2O/c1-18-8-10-20(11-9-18)22(16-25(28)27-14-12-19(2)13-15-27)23-17-26(3)24-7-5-4-6-21(23)24/h4-11,17,19,22H,12-16H2,1-3H3/t22-/m0/s1. The Morgan fingerprint density at radius 3 is 2.46 bits per heavy atom. The molecule has 1 aromatic heterocycles. The molecular weight excluding hydrogens is 344 g/mol. The predicted octanol–water partition coefficient (Wildman–Crippen LogP) is 5.27. The molecule has 1 fully saturated rings. The molecule has 3 heteroatoms. The SMILES string of the molecule is Cc1ccc([C@H](CC(=O)N2CCC(C)CC2)c2cn(C)c3ccccc23)cc1. The number of amides is 1. The fraction of sp³-hybridized carbons (Fsp3) is 0.400. The minimum atomic E-state index is 0.0820. The first-order valence-electron chi connectivity index (χ1n) is 10.4. The van der Waals surface area contributed by atoms with E-state index in [1.807, 2.05) is 0 Å². The monoisotopic (exact) mass is 374 g/mol. The summed E-state index contributed by atoms with van der Waals surface area (Å²) in [6.07, 6.45) is 4.98. The predicted molar refractivity (Wildman–Crippen MR) is 116 cm³/mol. The molecule has 0 radical (unpaired) electrons. The number of likely N-dealkylation sites (tertiary alicyclic amines) is 1.